The van der Waals surface area contributed by atoms with Gasteiger partial charge in [0.05, 0.1) is 22.7 Å². The van der Waals surface area contributed by atoms with E-state index in [0.29, 0.717) is 0 Å². The quantitative estimate of drug-likeness (QED) is 0.444. The molecule has 0 atom stereocenters. The molecule has 4 rings (SSSR count). The van der Waals surface area contributed by atoms with Crippen LogP contribution in [0, 0.1) is 0 Å². The minimum Gasteiger partial charge on any atom is -0.464 e. The van der Waals surface area contributed by atoms with Gasteiger partial charge in [-0.25, -0.2) is 4.98 Å². The topological polar surface area (TPSA) is 26.0 Å². The minimum absolute atomic E-state index is 0.915. The van der Waals surface area contributed by atoms with Gasteiger partial charge in [0.1, 0.15) is 5.58 Å². The third kappa shape index (κ3) is 1.12. The summed E-state index contributed by atoms with van der Waals surface area (Å²) < 4.78 is 5.65. The molecule has 0 amide bonds. The zero-order valence-corrected chi connectivity index (χ0v) is 9.05. The Morgan fingerprint density at radius 3 is 2.76 bits per heavy atom. The lowest BCUT2D eigenvalue weighted by Crippen LogP contribution is -1.73. The van der Waals surface area contributed by atoms with Crippen molar-refractivity contribution < 1.29 is 4.42 Å². The number of benzene rings is 2. The first kappa shape index (κ1) is 8.76. The maximum absolute atomic E-state index is 5.65. The average molecular weight is 219 g/mol. The monoisotopic (exact) mass is 219 g/mol. The summed E-state index contributed by atoms with van der Waals surface area (Å²) in [6.45, 7) is 0. The lowest BCUT2D eigenvalue weighted by atomic mass is 10.1. The predicted molar refractivity (Wildman–Crippen MR) is 69.0 cm³/mol. The Morgan fingerprint density at radius 1 is 0.824 bits per heavy atom. The Labute approximate surface area is 97.5 Å². The molecular weight excluding hydrogens is 210 g/mol. The second-order valence-corrected chi connectivity index (χ2v) is 4.12. The SMILES string of the molecule is c1coc2c(c1)ccc1nc3ccccc3c12. The van der Waals surface area contributed by atoms with Crippen molar-refractivity contribution in [3.8, 4) is 0 Å². The summed E-state index contributed by atoms with van der Waals surface area (Å²) in [5.74, 6) is 0. The summed E-state index contributed by atoms with van der Waals surface area (Å²) in [6, 6.07) is 16.2. The Bertz CT molecular complexity index is 839. The van der Waals surface area contributed by atoms with Crippen molar-refractivity contribution in [1.29, 1.82) is 0 Å². The lowest BCUT2D eigenvalue weighted by Gasteiger charge is -1.98. The smallest absolute Gasteiger partial charge is 0.143 e. The van der Waals surface area contributed by atoms with E-state index in [1.54, 1.807) is 6.26 Å². The molecule has 2 heteroatoms. The number of nitrogens with zero attached hydrogens (tertiary/aromatic N) is 1. The van der Waals surface area contributed by atoms with Gasteiger partial charge in [-0.2, -0.15) is 0 Å². The summed E-state index contributed by atoms with van der Waals surface area (Å²) in [5.41, 5.74) is 2.93. The van der Waals surface area contributed by atoms with Crippen molar-refractivity contribution in [2.45, 2.75) is 0 Å². The van der Waals surface area contributed by atoms with Gasteiger partial charge in [0.25, 0.3) is 0 Å². The molecule has 2 aromatic heterocycles. The van der Waals surface area contributed by atoms with Gasteiger partial charge in [-0.15, -0.1) is 0 Å². The number of para-hydroxylation sites is 1. The van der Waals surface area contributed by atoms with E-state index < -0.39 is 0 Å². The maximum atomic E-state index is 5.65. The fourth-order valence-electron chi connectivity index (χ4n) is 2.36. The molecule has 4 aromatic rings. The van der Waals surface area contributed by atoms with Gasteiger partial charge in [-0.05, 0) is 30.3 Å². The van der Waals surface area contributed by atoms with E-state index >= 15 is 0 Å². The van der Waals surface area contributed by atoms with E-state index in [9.17, 15) is 0 Å². The van der Waals surface area contributed by atoms with Gasteiger partial charge in [0, 0.05) is 10.8 Å². The van der Waals surface area contributed by atoms with E-state index in [0.717, 1.165) is 32.8 Å². The first-order chi connectivity index (χ1) is 8.43. The van der Waals surface area contributed by atoms with Crippen LogP contribution >= 0.6 is 0 Å². The third-order valence-corrected chi connectivity index (χ3v) is 3.12. The van der Waals surface area contributed by atoms with E-state index in [1.807, 2.05) is 36.4 Å². The summed E-state index contributed by atoms with van der Waals surface area (Å²) >= 11 is 0. The molecule has 0 radical (unpaired) electrons. The largest absolute Gasteiger partial charge is 0.464 e. The van der Waals surface area contributed by atoms with Crippen LogP contribution in [0.3, 0.4) is 0 Å². The Morgan fingerprint density at radius 2 is 1.76 bits per heavy atom. The second kappa shape index (κ2) is 3.08. The number of rotatable bonds is 0. The molecule has 0 saturated carbocycles. The predicted octanol–water partition coefficient (Wildman–Crippen LogP) is 4.13. The molecule has 2 nitrogen and oxygen atoms in total. The molecule has 0 fully saturated rings. The second-order valence-electron chi connectivity index (χ2n) is 4.12. The molecule has 0 unspecified atom stereocenters. The molecular formula is C15H9NO. The zero-order chi connectivity index (χ0) is 11.2. The standard InChI is InChI=1S/C15H9NO/c1-2-6-12-11(5-1)14-13(16-12)8-7-10-4-3-9-17-15(10)14/h1-9H. The molecule has 2 aromatic carbocycles. The summed E-state index contributed by atoms with van der Waals surface area (Å²) in [6.07, 6.45) is 1.71. The maximum Gasteiger partial charge on any atom is 0.143 e. The summed E-state index contributed by atoms with van der Waals surface area (Å²) in [4.78, 5) is 4.61. The molecule has 2 heterocycles. The fourth-order valence-corrected chi connectivity index (χ4v) is 2.36. The van der Waals surface area contributed by atoms with Crippen LogP contribution in [0.4, 0.5) is 0 Å². The van der Waals surface area contributed by atoms with Crippen LogP contribution in [-0.2, 0) is 0 Å². The van der Waals surface area contributed by atoms with Crippen LogP contribution < -0.4 is 0 Å². The van der Waals surface area contributed by atoms with Crippen molar-refractivity contribution in [2.75, 3.05) is 0 Å². The third-order valence-electron chi connectivity index (χ3n) is 3.12. The molecule has 0 bridgehead atoms. The van der Waals surface area contributed by atoms with Gasteiger partial charge >= 0.3 is 0 Å². The van der Waals surface area contributed by atoms with Crippen LogP contribution in [0.15, 0.2) is 59.2 Å². The van der Waals surface area contributed by atoms with Crippen molar-refractivity contribution in [3.63, 3.8) is 0 Å². The summed E-state index contributed by atoms with van der Waals surface area (Å²) in [7, 11) is 0. The van der Waals surface area contributed by atoms with Crippen LogP contribution in [0.5, 0.6) is 0 Å². The normalized spacial score (nSPS) is 11.5. The molecule has 0 aliphatic heterocycles. The van der Waals surface area contributed by atoms with E-state index in [1.165, 1.54) is 0 Å². The van der Waals surface area contributed by atoms with Gasteiger partial charge < -0.3 is 4.42 Å². The number of fused-ring (bicyclic) bond motifs is 5. The summed E-state index contributed by atoms with van der Waals surface area (Å²) in [5, 5.41) is 3.37. The first-order valence-electron chi connectivity index (χ1n) is 5.58. The van der Waals surface area contributed by atoms with Crippen molar-refractivity contribution >= 4 is 32.8 Å². The van der Waals surface area contributed by atoms with Crippen molar-refractivity contribution in [2.24, 2.45) is 0 Å². The lowest BCUT2D eigenvalue weighted by molar-refractivity contribution is 0.607. The zero-order valence-electron chi connectivity index (χ0n) is 9.05. The molecule has 0 aliphatic carbocycles. The molecule has 0 N–H and O–H groups in total. The van der Waals surface area contributed by atoms with Crippen LogP contribution in [-0.4, -0.2) is 4.98 Å². The molecule has 17 heavy (non-hydrogen) atoms. The van der Waals surface area contributed by atoms with Crippen LogP contribution in [0.2, 0.25) is 0 Å². The average Bonchev–Trinajstić information content (AvgIpc) is 2.77. The van der Waals surface area contributed by atoms with Gasteiger partial charge in [0.2, 0.25) is 0 Å². The minimum atomic E-state index is 0.915. The highest BCUT2D eigenvalue weighted by Crippen LogP contribution is 2.31. The van der Waals surface area contributed by atoms with E-state index in [-0.39, 0.29) is 0 Å². The first-order valence-corrected chi connectivity index (χ1v) is 5.58. The fraction of sp³-hybridized carbons (Fsp3) is 0. The molecule has 0 aliphatic rings. The number of aromatic nitrogens is 1. The Hall–Kier alpha value is -2.35. The van der Waals surface area contributed by atoms with Crippen molar-refractivity contribution in [1.82, 2.24) is 4.98 Å². The highest BCUT2D eigenvalue weighted by Gasteiger charge is 2.09. The molecule has 80 valence electrons. The highest BCUT2D eigenvalue weighted by atomic mass is 16.3. The van der Waals surface area contributed by atoms with E-state index in [4.69, 9.17) is 4.42 Å². The Kier molecular flexibility index (Phi) is 1.59. The molecule has 0 saturated heterocycles. The van der Waals surface area contributed by atoms with Crippen LogP contribution in [0.1, 0.15) is 0 Å². The highest BCUT2D eigenvalue weighted by molar-refractivity contribution is 6.17. The number of hydrogen-bond acceptors (Lipinski definition) is 2. The molecule has 0 spiro atoms. The van der Waals surface area contributed by atoms with Gasteiger partial charge in [-0.3, -0.25) is 0 Å². The number of hydrogen-bond donors (Lipinski definition) is 0. The van der Waals surface area contributed by atoms with Crippen LogP contribution in [0.25, 0.3) is 32.8 Å². The van der Waals surface area contributed by atoms with Gasteiger partial charge in [0.15, 0.2) is 0 Å². The Balaban J connectivity index is 2.38. The van der Waals surface area contributed by atoms with Crippen molar-refractivity contribution in [3.05, 3.63) is 54.8 Å². The van der Waals surface area contributed by atoms with Gasteiger partial charge in [-0.1, -0.05) is 18.2 Å². The van der Waals surface area contributed by atoms with E-state index in [2.05, 4.69) is 17.1 Å².